The second-order valence-corrected chi connectivity index (χ2v) is 4.13. The standard InChI is InChI=1S/C16H22O5/c1-18-9-4-10-20-11-12-21-16-7-6-15(19-2)13-14(16)5-3-8-17/h6-7,13,17H,4,8-12H2,1-2H3. The van der Waals surface area contributed by atoms with Gasteiger partial charge in [0.15, 0.2) is 0 Å². The lowest BCUT2D eigenvalue weighted by Gasteiger charge is -2.10. The van der Waals surface area contributed by atoms with E-state index in [0.29, 0.717) is 43.5 Å². The maximum absolute atomic E-state index is 8.79. The van der Waals surface area contributed by atoms with E-state index in [1.807, 2.05) is 0 Å². The zero-order valence-corrected chi connectivity index (χ0v) is 12.6. The van der Waals surface area contributed by atoms with Crippen LogP contribution in [0.3, 0.4) is 0 Å². The first kappa shape index (κ1) is 17.3. The van der Waals surface area contributed by atoms with Crippen LogP contribution in [0.25, 0.3) is 0 Å². The van der Waals surface area contributed by atoms with Crippen molar-refractivity contribution in [2.75, 3.05) is 47.3 Å². The lowest BCUT2D eigenvalue weighted by atomic mass is 10.2. The predicted molar refractivity (Wildman–Crippen MR) is 79.8 cm³/mol. The predicted octanol–water partition coefficient (Wildman–Crippen LogP) is 1.47. The molecule has 5 heteroatoms. The van der Waals surface area contributed by atoms with E-state index in [1.54, 1.807) is 32.4 Å². The van der Waals surface area contributed by atoms with Crippen molar-refractivity contribution in [3.8, 4) is 23.3 Å². The molecule has 0 aliphatic rings. The lowest BCUT2D eigenvalue weighted by Crippen LogP contribution is -2.09. The molecule has 116 valence electrons. The normalized spacial score (nSPS) is 9.86. The van der Waals surface area contributed by atoms with Gasteiger partial charge in [-0.05, 0) is 24.6 Å². The molecule has 1 aromatic rings. The van der Waals surface area contributed by atoms with E-state index in [-0.39, 0.29) is 6.61 Å². The quantitative estimate of drug-likeness (QED) is 0.552. The summed E-state index contributed by atoms with van der Waals surface area (Å²) in [7, 11) is 3.26. The molecule has 1 rings (SSSR count). The van der Waals surface area contributed by atoms with Gasteiger partial charge in [-0.3, -0.25) is 0 Å². The Morgan fingerprint density at radius 2 is 1.95 bits per heavy atom. The second kappa shape index (κ2) is 11.0. The average molecular weight is 294 g/mol. The zero-order chi connectivity index (χ0) is 15.3. The summed E-state index contributed by atoms with van der Waals surface area (Å²) in [5.74, 6) is 6.80. The molecule has 5 nitrogen and oxygen atoms in total. The van der Waals surface area contributed by atoms with Crippen molar-refractivity contribution in [3.05, 3.63) is 23.8 Å². The van der Waals surface area contributed by atoms with Crippen molar-refractivity contribution in [1.29, 1.82) is 0 Å². The molecule has 0 saturated carbocycles. The van der Waals surface area contributed by atoms with Gasteiger partial charge in [0.2, 0.25) is 0 Å². The van der Waals surface area contributed by atoms with Crippen LogP contribution in [0.5, 0.6) is 11.5 Å². The van der Waals surface area contributed by atoms with Crippen molar-refractivity contribution in [3.63, 3.8) is 0 Å². The topological polar surface area (TPSA) is 57.2 Å². The first-order chi connectivity index (χ1) is 10.3. The number of rotatable bonds is 9. The Labute approximate surface area is 125 Å². The molecule has 0 amide bonds. The van der Waals surface area contributed by atoms with Crippen molar-refractivity contribution in [2.24, 2.45) is 0 Å². The minimum Gasteiger partial charge on any atom is -0.497 e. The first-order valence-corrected chi connectivity index (χ1v) is 6.79. The third-order valence-electron chi connectivity index (χ3n) is 2.61. The maximum atomic E-state index is 8.79. The van der Waals surface area contributed by atoms with Gasteiger partial charge in [0.1, 0.15) is 24.7 Å². The largest absolute Gasteiger partial charge is 0.497 e. The van der Waals surface area contributed by atoms with Gasteiger partial charge >= 0.3 is 0 Å². The molecule has 1 N–H and O–H groups in total. The summed E-state index contributed by atoms with van der Waals surface area (Å²) in [6.45, 7) is 2.09. The summed E-state index contributed by atoms with van der Waals surface area (Å²) in [4.78, 5) is 0. The SMILES string of the molecule is COCCCOCCOc1ccc(OC)cc1C#CCO. The highest BCUT2D eigenvalue weighted by molar-refractivity contribution is 5.50. The van der Waals surface area contributed by atoms with Crippen LogP contribution in [0.15, 0.2) is 18.2 Å². The minimum atomic E-state index is -0.195. The molecule has 21 heavy (non-hydrogen) atoms. The zero-order valence-electron chi connectivity index (χ0n) is 12.6. The Balaban J connectivity index is 2.46. The molecular weight excluding hydrogens is 272 g/mol. The van der Waals surface area contributed by atoms with Crippen molar-refractivity contribution in [2.45, 2.75) is 6.42 Å². The summed E-state index contributed by atoms with van der Waals surface area (Å²) >= 11 is 0. The molecule has 1 aromatic carbocycles. The Morgan fingerprint density at radius 1 is 1.10 bits per heavy atom. The van der Waals surface area contributed by atoms with Crippen molar-refractivity contribution >= 4 is 0 Å². The molecule has 0 bridgehead atoms. The molecule has 0 saturated heterocycles. The molecule has 0 heterocycles. The van der Waals surface area contributed by atoms with Gasteiger partial charge in [0.05, 0.1) is 19.3 Å². The van der Waals surface area contributed by atoms with E-state index in [0.717, 1.165) is 6.42 Å². The summed E-state index contributed by atoms with van der Waals surface area (Å²) < 4.78 is 21.1. The van der Waals surface area contributed by atoms with E-state index in [9.17, 15) is 0 Å². The molecule has 0 aliphatic carbocycles. The summed E-state index contributed by atoms with van der Waals surface area (Å²) in [6.07, 6.45) is 0.867. The van der Waals surface area contributed by atoms with Crippen LogP contribution < -0.4 is 9.47 Å². The molecule has 0 aliphatic heterocycles. The fourth-order valence-corrected chi connectivity index (χ4v) is 1.61. The van der Waals surface area contributed by atoms with E-state index < -0.39 is 0 Å². The number of hydrogen-bond acceptors (Lipinski definition) is 5. The molecule has 0 atom stereocenters. The highest BCUT2D eigenvalue weighted by atomic mass is 16.5. The van der Waals surface area contributed by atoms with Crippen LogP contribution in [-0.2, 0) is 9.47 Å². The van der Waals surface area contributed by atoms with Gasteiger partial charge in [-0.25, -0.2) is 0 Å². The minimum absolute atomic E-state index is 0.195. The van der Waals surface area contributed by atoms with Gasteiger partial charge in [-0.2, -0.15) is 0 Å². The average Bonchev–Trinajstić information content (AvgIpc) is 2.52. The summed E-state index contributed by atoms with van der Waals surface area (Å²) in [6, 6.07) is 5.38. The monoisotopic (exact) mass is 294 g/mol. The van der Waals surface area contributed by atoms with E-state index >= 15 is 0 Å². The highest BCUT2D eigenvalue weighted by Crippen LogP contribution is 2.23. The molecule has 0 radical (unpaired) electrons. The van der Waals surface area contributed by atoms with Gasteiger partial charge in [-0.15, -0.1) is 0 Å². The van der Waals surface area contributed by atoms with E-state index in [1.165, 1.54) is 0 Å². The Morgan fingerprint density at radius 3 is 2.67 bits per heavy atom. The summed E-state index contributed by atoms with van der Waals surface area (Å²) in [5, 5.41) is 8.79. The Bertz CT molecular complexity index is 461. The number of aliphatic hydroxyl groups excluding tert-OH is 1. The highest BCUT2D eigenvalue weighted by Gasteiger charge is 2.03. The Kier molecular flexibility index (Phi) is 9.05. The fraction of sp³-hybridized carbons (Fsp3) is 0.500. The number of benzene rings is 1. The van der Waals surface area contributed by atoms with Crippen LogP contribution in [0, 0.1) is 11.8 Å². The second-order valence-electron chi connectivity index (χ2n) is 4.13. The van der Waals surface area contributed by atoms with Crippen LogP contribution in [0.1, 0.15) is 12.0 Å². The van der Waals surface area contributed by atoms with Crippen molar-refractivity contribution < 1.29 is 24.1 Å². The van der Waals surface area contributed by atoms with Gasteiger partial charge in [-0.1, -0.05) is 11.8 Å². The van der Waals surface area contributed by atoms with Crippen LogP contribution in [-0.4, -0.2) is 52.4 Å². The Hall–Kier alpha value is -1.74. The third-order valence-corrected chi connectivity index (χ3v) is 2.61. The van der Waals surface area contributed by atoms with Crippen LogP contribution in [0.2, 0.25) is 0 Å². The molecule has 0 aromatic heterocycles. The van der Waals surface area contributed by atoms with Gasteiger partial charge < -0.3 is 24.1 Å². The smallest absolute Gasteiger partial charge is 0.135 e. The molecular formula is C16H22O5. The maximum Gasteiger partial charge on any atom is 0.135 e. The number of ether oxygens (including phenoxy) is 4. The number of methoxy groups -OCH3 is 2. The van der Waals surface area contributed by atoms with Crippen LogP contribution in [0.4, 0.5) is 0 Å². The van der Waals surface area contributed by atoms with E-state index in [4.69, 9.17) is 24.1 Å². The van der Waals surface area contributed by atoms with E-state index in [2.05, 4.69) is 11.8 Å². The number of hydrogen-bond donors (Lipinski definition) is 1. The fourth-order valence-electron chi connectivity index (χ4n) is 1.61. The number of aliphatic hydroxyl groups is 1. The van der Waals surface area contributed by atoms with Gasteiger partial charge in [0.25, 0.3) is 0 Å². The lowest BCUT2D eigenvalue weighted by molar-refractivity contribution is 0.0806. The molecule has 0 fully saturated rings. The van der Waals surface area contributed by atoms with Crippen molar-refractivity contribution in [1.82, 2.24) is 0 Å². The third kappa shape index (κ3) is 7.00. The molecule has 0 unspecified atom stereocenters. The summed E-state index contributed by atoms with van der Waals surface area (Å²) in [5.41, 5.74) is 0.683. The first-order valence-electron chi connectivity index (χ1n) is 6.79. The van der Waals surface area contributed by atoms with Crippen LogP contribution >= 0.6 is 0 Å². The molecule has 0 spiro atoms. The van der Waals surface area contributed by atoms with Gasteiger partial charge in [0, 0.05) is 20.3 Å².